The lowest BCUT2D eigenvalue weighted by atomic mass is 9.96. The number of β-amino-alcohol motifs (C(OH)–C–C–N with tert-alkyl or cyclic N) is 1. The average molecular weight is 248 g/mol. The summed E-state index contributed by atoms with van der Waals surface area (Å²) in [5.74, 6) is 0.420. The lowest BCUT2D eigenvalue weighted by Gasteiger charge is -2.35. The van der Waals surface area contributed by atoms with Gasteiger partial charge in [0.05, 0.1) is 18.0 Å². The highest BCUT2D eigenvalue weighted by molar-refractivity contribution is 5.94. The van der Waals surface area contributed by atoms with Crippen LogP contribution in [0.25, 0.3) is 0 Å². The molecular weight excluding hydrogens is 228 g/mol. The summed E-state index contributed by atoms with van der Waals surface area (Å²) in [5.41, 5.74) is 1.50. The zero-order valence-electron chi connectivity index (χ0n) is 11.0. The molecule has 1 saturated heterocycles. The maximum Gasteiger partial charge on any atom is 0.180 e. The second-order valence-electron chi connectivity index (χ2n) is 4.96. The first-order chi connectivity index (χ1) is 8.61. The van der Waals surface area contributed by atoms with Crippen LogP contribution >= 0.6 is 0 Å². The first-order valence-electron chi connectivity index (χ1n) is 6.54. The monoisotopic (exact) mass is 248 g/mol. The summed E-state index contributed by atoms with van der Waals surface area (Å²) in [4.78, 5) is 17.8. The first-order valence-corrected chi connectivity index (χ1v) is 6.54. The molecule has 0 aliphatic carbocycles. The number of hydrogen-bond acceptors (Lipinski definition) is 4. The minimum atomic E-state index is -0.282. The number of Topliss-reactive ketones (excluding diaryl/α,β-unsaturated/α-hetero) is 1. The Morgan fingerprint density at radius 2 is 2.33 bits per heavy atom. The molecule has 2 rings (SSSR count). The van der Waals surface area contributed by atoms with Crippen LogP contribution in [0.15, 0.2) is 18.3 Å². The van der Waals surface area contributed by atoms with Gasteiger partial charge in [-0.1, -0.05) is 13.8 Å². The zero-order valence-corrected chi connectivity index (χ0v) is 11.0. The maximum absolute atomic E-state index is 11.5. The molecule has 0 radical (unpaired) electrons. The molecular formula is C14H20N2O2. The van der Waals surface area contributed by atoms with Gasteiger partial charge in [0, 0.05) is 19.5 Å². The Balaban J connectivity index is 2.08. The normalized spacial score (nSPS) is 24.1. The van der Waals surface area contributed by atoms with E-state index in [4.69, 9.17) is 0 Å². The molecule has 2 atom stereocenters. The molecule has 0 aromatic carbocycles. The van der Waals surface area contributed by atoms with Crippen molar-refractivity contribution < 1.29 is 9.90 Å². The van der Waals surface area contributed by atoms with Crippen LogP contribution in [-0.4, -0.2) is 35.1 Å². The van der Waals surface area contributed by atoms with Crippen LogP contribution in [-0.2, 0) is 0 Å². The molecule has 98 valence electrons. The molecule has 1 aromatic heterocycles. The number of nitrogens with zero attached hydrogens (tertiary/aromatic N) is 2. The van der Waals surface area contributed by atoms with Crippen molar-refractivity contribution in [1.82, 2.24) is 4.98 Å². The second kappa shape index (κ2) is 5.48. The molecule has 4 heteroatoms. The van der Waals surface area contributed by atoms with Crippen molar-refractivity contribution in [3.8, 4) is 0 Å². The molecule has 1 aliphatic heterocycles. The van der Waals surface area contributed by atoms with Crippen LogP contribution in [0, 0.1) is 5.92 Å². The van der Waals surface area contributed by atoms with E-state index in [0.717, 1.165) is 18.7 Å². The summed E-state index contributed by atoms with van der Waals surface area (Å²) < 4.78 is 0. The van der Waals surface area contributed by atoms with Crippen LogP contribution < -0.4 is 4.90 Å². The van der Waals surface area contributed by atoms with Crippen molar-refractivity contribution >= 4 is 11.5 Å². The minimum absolute atomic E-state index is 0.0638. The van der Waals surface area contributed by atoms with Crippen LogP contribution in [0.4, 0.5) is 5.69 Å². The van der Waals surface area contributed by atoms with E-state index in [2.05, 4.69) is 16.8 Å². The fourth-order valence-corrected chi connectivity index (χ4v) is 2.20. The fourth-order valence-electron chi connectivity index (χ4n) is 2.20. The van der Waals surface area contributed by atoms with Crippen LogP contribution in [0.3, 0.4) is 0 Å². The highest BCUT2D eigenvalue weighted by atomic mass is 16.3. The van der Waals surface area contributed by atoms with E-state index >= 15 is 0 Å². The van der Waals surface area contributed by atoms with Crippen molar-refractivity contribution in [1.29, 1.82) is 0 Å². The number of carbonyl (C=O) groups excluding carboxylic acids is 1. The van der Waals surface area contributed by atoms with E-state index in [1.54, 1.807) is 12.3 Å². The molecule has 1 aromatic rings. The van der Waals surface area contributed by atoms with Gasteiger partial charge in [0.1, 0.15) is 5.69 Å². The summed E-state index contributed by atoms with van der Waals surface area (Å²) in [7, 11) is 0. The molecule has 0 amide bonds. The molecule has 0 saturated carbocycles. The molecule has 2 unspecified atom stereocenters. The van der Waals surface area contributed by atoms with Gasteiger partial charge in [0.15, 0.2) is 5.78 Å². The molecule has 0 spiro atoms. The highest BCUT2D eigenvalue weighted by Gasteiger charge is 2.24. The molecule has 1 fully saturated rings. The van der Waals surface area contributed by atoms with Gasteiger partial charge in [0.25, 0.3) is 0 Å². The third kappa shape index (κ3) is 2.70. The fraction of sp³-hybridized carbons (Fsp3) is 0.571. The Morgan fingerprint density at radius 3 is 2.89 bits per heavy atom. The lowest BCUT2D eigenvalue weighted by molar-refractivity contribution is 0.0982. The number of aromatic nitrogens is 1. The van der Waals surface area contributed by atoms with Gasteiger partial charge in [-0.25, -0.2) is 0 Å². The van der Waals surface area contributed by atoms with E-state index < -0.39 is 0 Å². The summed E-state index contributed by atoms with van der Waals surface area (Å²) >= 11 is 0. The second-order valence-corrected chi connectivity index (χ2v) is 4.96. The highest BCUT2D eigenvalue weighted by Crippen LogP contribution is 2.22. The van der Waals surface area contributed by atoms with Crippen molar-refractivity contribution in [2.24, 2.45) is 5.92 Å². The number of carbonyl (C=O) groups is 1. The number of anilines is 1. The summed E-state index contributed by atoms with van der Waals surface area (Å²) in [6, 6.07) is 3.68. The predicted molar refractivity (Wildman–Crippen MR) is 70.9 cm³/mol. The molecule has 4 nitrogen and oxygen atoms in total. The number of aliphatic hydroxyl groups excluding tert-OH is 1. The minimum Gasteiger partial charge on any atom is -0.391 e. The number of ketones is 1. The van der Waals surface area contributed by atoms with Crippen LogP contribution in [0.1, 0.15) is 37.2 Å². The van der Waals surface area contributed by atoms with E-state index in [9.17, 15) is 9.90 Å². The van der Waals surface area contributed by atoms with Gasteiger partial charge in [-0.05, 0) is 24.5 Å². The van der Waals surface area contributed by atoms with Crippen molar-refractivity contribution in [3.63, 3.8) is 0 Å². The molecule has 1 N–H and O–H groups in total. The van der Waals surface area contributed by atoms with Crippen LogP contribution in [0.2, 0.25) is 0 Å². The summed E-state index contributed by atoms with van der Waals surface area (Å²) in [6.45, 7) is 5.48. The van der Waals surface area contributed by atoms with Crippen molar-refractivity contribution in [2.45, 2.75) is 32.8 Å². The van der Waals surface area contributed by atoms with E-state index in [0.29, 0.717) is 24.6 Å². The first kappa shape index (κ1) is 13.0. The number of aliphatic hydroxyl groups is 1. The lowest BCUT2D eigenvalue weighted by Crippen LogP contribution is -2.42. The Morgan fingerprint density at radius 1 is 1.56 bits per heavy atom. The predicted octanol–water partition coefficient (Wildman–Crippen LogP) is 1.88. The topological polar surface area (TPSA) is 53.4 Å². The Hall–Kier alpha value is -1.42. The van der Waals surface area contributed by atoms with Gasteiger partial charge >= 0.3 is 0 Å². The molecule has 18 heavy (non-hydrogen) atoms. The smallest absolute Gasteiger partial charge is 0.180 e. The van der Waals surface area contributed by atoms with Crippen molar-refractivity contribution in [3.05, 3.63) is 24.0 Å². The number of pyridine rings is 1. The van der Waals surface area contributed by atoms with Gasteiger partial charge in [-0.2, -0.15) is 0 Å². The van der Waals surface area contributed by atoms with Gasteiger partial charge in [-0.3, -0.25) is 9.78 Å². The van der Waals surface area contributed by atoms with Crippen molar-refractivity contribution in [2.75, 3.05) is 18.0 Å². The number of rotatable bonds is 3. The average Bonchev–Trinajstić information content (AvgIpc) is 2.41. The summed E-state index contributed by atoms with van der Waals surface area (Å²) in [5, 5.41) is 9.87. The van der Waals surface area contributed by atoms with Gasteiger partial charge < -0.3 is 10.0 Å². The number of piperidine rings is 1. The van der Waals surface area contributed by atoms with E-state index in [-0.39, 0.29) is 11.9 Å². The number of hydrogen-bond donors (Lipinski definition) is 1. The Kier molecular flexibility index (Phi) is 3.97. The molecule has 0 bridgehead atoms. The quantitative estimate of drug-likeness (QED) is 0.830. The standard InChI is InChI=1S/C14H20N2O2/c1-3-13(17)12-5-4-11(8-15-12)16-7-6-10(2)14(18)9-16/h4-5,8,10,14,18H,3,6-7,9H2,1-2H3. The summed E-state index contributed by atoms with van der Waals surface area (Å²) in [6.07, 6.45) is 2.91. The Bertz CT molecular complexity index is 416. The van der Waals surface area contributed by atoms with Crippen LogP contribution in [0.5, 0.6) is 0 Å². The third-order valence-electron chi connectivity index (χ3n) is 3.64. The SMILES string of the molecule is CCC(=O)c1ccc(N2CCC(C)C(O)C2)cn1. The molecule has 1 aliphatic rings. The van der Waals surface area contributed by atoms with Gasteiger partial charge in [0.2, 0.25) is 0 Å². The molecule has 2 heterocycles. The van der Waals surface area contributed by atoms with E-state index in [1.807, 2.05) is 13.0 Å². The van der Waals surface area contributed by atoms with E-state index in [1.165, 1.54) is 0 Å². The largest absolute Gasteiger partial charge is 0.391 e. The zero-order chi connectivity index (χ0) is 13.1. The third-order valence-corrected chi connectivity index (χ3v) is 3.64. The van der Waals surface area contributed by atoms with Gasteiger partial charge in [-0.15, -0.1) is 0 Å². The Labute approximate surface area is 108 Å². The maximum atomic E-state index is 11.5.